The molecule has 2 rings (SSSR count). The van der Waals surface area contributed by atoms with Gasteiger partial charge in [0.1, 0.15) is 0 Å². The third kappa shape index (κ3) is 2.55. The number of halogens is 2. The molecule has 0 nitrogen and oxygen atoms in total. The molecule has 2 aromatic rings. The van der Waals surface area contributed by atoms with Crippen LogP contribution in [-0.2, 0) is 0 Å². The zero-order valence-corrected chi connectivity index (χ0v) is 12.1. The molecule has 1 unspecified atom stereocenters. The molecule has 0 saturated carbocycles. The maximum atomic E-state index is 3.75. The molecule has 0 N–H and O–H groups in total. The minimum atomic E-state index is 0.239. The largest absolute Gasteiger partial charge is 0.0786 e. The van der Waals surface area contributed by atoms with Crippen LogP contribution in [0.5, 0.6) is 0 Å². The molecule has 0 fully saturated rings. The fourth-order valence-corrected chi connectivity index (χ4v) is 3.13. The second-order valence-corrected chi connectivity index (χ2v) is 5.57. The first-order valence-corrected chi connectivity index (χ1v) is 6.84. The van der Waals surface area contributed by atoms with Crippen molar-refractivity contribution in [2.24, 2.45) is 0 Å². The van der Waals surface area contributed by atoms with E-state index in [0.29, 0.717) is 0 Å². The minimum Gasteiger partial charge on any atom is -0.0786 e. The molecule has 2 heteroatoms. The van der Waals surface area contributed by atoms with Gasteiger partial charge in [-0.15, -0.1) is 0 Å². The van der Waals surface area contributed by atoms with Crippen LogP contribution >= 0.6 is 31.9 Å². The second-order valence-electron chi connectivity index (χ2n) is 3.80. The molecule has 0 aliphatic heterocycles. The number of rotatable bonds is 2. The molecule has 0 heterocycles. The fraction of sp³-hybridized carbons (Fsp3) is 0.143. The Bertz CT molecular complexity index is 477. The Labute approximate surface area is 113 Å². The molecule has 0 aliphatic rings. The van der Waals surface area contributed by atoms with Crippen molar-refractivity contribution in [3.8, 4) is 0 Å². The van der Waals surface area contributed by atoms with E-state index in [4.69, 9.17) is 0 Å². The Hall–Kier alpha value is -0.600. The Balaban J connectivity index is 2.41. The molecule has 0 saturated heterocycles. The normalized spacial score (nSPS) is 12.4. The lowest BCUT2D eigenvalue weighted by atomic mass is 10.0. The third-order valence-corrected chi connectivity index (χ3v) is 4.26. The van der Waals surface area contributed by atoms with Crippen LogP contribution in [0.25, 0.3) is 0 Å². The lowest BCUT2D eigenvalue weighted by Gasteiger charge is -2.13. The van der Waals surface area contributed by atoms with Gasteiger partial charge in [-0.05, 0) is 24.1 Å². The third-order valence-electron chi connectivity index (χ3n) is 2.52. The first kappa shape index (κ1) is 11.9. The summed E-state index contributed by atoms with van der Waals surface area (Å²) in [5, 5.41) is 0. The molecule has 0 radical (unpaired) electrons. The van der Waals surface area contributed by atoms with Gasteiger partial charge in [-0.25, -0.2) is 0 Å². The van der Waals surface area contributed by atoms with Crippen molar-refractivity contribution < 1.29 is 0 Å². The monoisotopic (exact) mass is 338 g/mol. The van der Waals surface area contributed by atoms with Gasteiger partial charge in [-0.3, -0.25) is 0 Å². The molecule has 0 aromatic heterocycles. The summed E-state index contributed by atoms with van der Waals surface area (Å²) < 4.78 is 1.14. The van der Waals surface area contributed by atoms with E-state index in [0.717, 1.165) is 4.47 Å². The van der Waals surface area contributed by atoms with Gasteiger partial charge in [0.25, 0.3) is 0 Å². The average molecular weight is 340 g/mol. The van der Waals surface area contributed by atoms with E-state index in [9.17, 15) is 0 Å². The molecule has 0 bridgehead atoms. The Morgan fingerprint density at radius 3 is 2.38 bits per heavy atom. The number of alkyl halides is 1. The maximum absolute atomic E-state index is 3.75. The number of hydrogen-bond acceptors (Lipinski definition) is 0. The van der Waals surface area contributed by atoms with E-state index in [1.165, 1.54) is 16.7 Å². The van der Waals surface area contributed by atoms with Crippen LogP contribution in [0.15, 0.2) is 53.0 Å². The summed E-state index contributed by atoms with van der Waals surface area (Å²) in [6, 6.07) is 16.8. The molecule has 0 amide bonds. The zero-order valence-electron chi connectivity index (χ0n) is 8.95. The van der Waals surface area contributed by atoms with E-state index in [-0.39, 0.29) is 4.83 Å². The number of hydrogen-bond donors (Lipinski definition) is 0. The summed E-state index contributed by atoms with van der Waals surface area (Å²) in [6.45, 7) is 2.11. The quantitative estimate of drug-likeness (QED) is 0.656. The Morgan fingerprint density at radius 2 is 1.69 bits per heavy atom. The molecule has 1 atom stereocenters. The van der Waals surface area contributed by atoms with Crippen molar-refractivity contribution in [1.29, 1.82) is 0 Å². The fourth-order valence-electron chi connectivity index (χ4n) is 1.66. The van der Waals surface area contributed by atoms with Gasteiger partial charge in [-0.1, -0.05) is 79.9 Å². The van der Waals surface area contributed by atoms with Gasteiger partial charge in [0.05, 0.1) is 4.83 Å². The van der Waals surface area contributed by atoms with Crippen molar-refractivity contribution in [3.63, 3.8) is 0 Å². The average Bonchev–Trinajstić information content (AvgIpc) is 2.32. The summed E-state index contributed by atoms with van der Waals surface area (Å²) in [5.41, 5.74) is 3.82. The summed E-state index contributed by atoms with van der Waals surface area (Å²) in [6.07, 6.45) is 0. The number of benzene rings is 2. The van der Waals surface area contributed by atoms with Crippen molar-refractivity contribution in [2.45, 2.75) is 11.8 Å². The number of aryl methyl sites for hydroxylation is 1. The van der Waals surface area contributed by atoms with E-state index in [2.05, 4.69) is 81.2 Å². The first-order valence-electron chi connectivity index (χ1n) is 5.13. The van der Waals surface area contributed by atoms with Crippen molar-refractivity contribution in [1.82, 2.24) is 0 Å². The SMILES string of the molecule is Cc1ccc(Br)c(C(Br)c2ccccc2)c1. The molecule has 0 aliphatic carbocycles. The van der Waals surface area contributed by atoms with E-state index in [1.807, 2.05) is 6.07 Å². The highest BCUT2D eigenvalue weighted by atomic mass is 79.9. The highest BCUT2D eigenvalue weighted by molar-refractivity contribution is 9.11. The highest BCUT2D eigenvalue weighted by Gasteiger charge is 2.12. The van der Waals surface area contributed by atoms with E-state index >= 15 is 0 Å². The second kappa shape index (κ2) is 5.15. The zero-order chi connectivity index (χ0) is 11.5. The van der Waals surface area contributed by atoms with Crippen LogP contribution in [0.2, 0.25) is 0 Å². The summed E-state index contributed by atoms with van der Waals surface area (Å²) >= 11 is 7.35. The molecule has 16 heavy (non-hydrogen) atoms. The van der Waals surface area contributed by atoms with Crippen LogP contribution in [0.1, 0.15) is 21.5 Å². The topological polar surface area (TPSA) is 0 Å². The molecular formula is C14H12Br2. The molecule has 2 aromatic carbocycles. The predicted molar refractivity (Wildman–Crippen MR) is 76.1 cm³/mol. The molecule has 82 valence electrons. The van der Waals surface area contributed by atoms with Crippen molar-refractivity contribution in [2.75, 3.05) is 0 Å². The maximum Gasteiger partial charge on any atom is 0.0655 e. The van der Waals surface area contributed by atoms with Gasteiger partial charge < -0.3 is 0 Å². The van der Waals surface area contributed by atoms with E-state index < -0.39 is 0 Å². The van der Waals surface area contributed by atoms with Crippen molar-refractivity contribution >= 4 is 31.9 Å². The lowest BCUT2D eigenvalue weighted by molar-refractivity contribution is 1.15. The Kier molecular flexibility index (Phi) is 3.82. The predicted octanol–water partition coefficient (Wildman–Crippen LogP) is 5.24. The summed E-state index contributed by atoms with van der Waals surface area (Å²) in [4.78, 5) is 0.239. The highest BCUT2D eigenvalue weighted by Crippen LogP contribution is 2.35. The van der Waals surface area contributed by atoms with Crippen LogP contribution in [0, 0.1) is 6.92 Å². The summed E-state index contributed by atoms with van der Waals surface area (Å²) in [5.74, 6) is 0. The van der Waals surface area contributed by atoms with Crippen molar-refractivity contribution in [3.05, 3.63) is 69.7 Å². The van der Waals surface area contributed by atoms with Crippen LogP contribution < -0.4 is 0 Å². The van der Waals surface area contributed by atoms with Crippen LogP contribution in [0.3, 0.4) is 0 Å². The van der Waals surface area contributed by atoms with Crippen LogP contribution in [-0.4, -0.2) is 0 Å². The minimum absolute atomic E-state index is 0.239. The van der Waals surface area contributed by atoms with Gasteiger partial charge in [-0.2, -0.15) is 0 Å². The molecule has 0 spiro atoms. The van der Waals surface area contributed by atoms with Gasteiger partial charge >= 0.3 is 0 Å². The Morgan fingerprint density at radius 1 is 1.00 bits per heavy atom. The van der Waals surface area contributed by atoms with Gasteiger partial charge in [0, 0.05) is 4.47 Å². The summed E-state index contributed by atoms with van der Waals surface area (Å²) in [7, 11) is 0. The standard InChI is InChI=1S/C14H12Br2/c1-10-7-8-13(15)12(9-10)14(16)11-5-3-2-4-6-11/h2-9,14H,1H3. The first-order chi connectivity index (χ1) is 7.68. The van der Waals surface area contributed by atoms with E-state index in [1.54, 1.807) is 0 Å². The van der Waals surface area contributed by atoms with Gasteiger partial charge in [0.2, 0.25) is 0 Å². The molecular weight excluding hydrogens is 328 g/mol. The van der Waals surface area contributed by atoms with Crippen LogP contribution in [0.4, 0.5) is 0 Å². The lowest BCUT2D eigenvalue weighted by Crippen LogP contribution is -1.94. The van der Waals surface area contributed by atoms with Gasteiger partial charge in [0.15, 0.2) is 0 Å². The smallest absolute Gasteiger partial charge is 0.0655 e.